The van der Waals surface area contributed by atoms with E-state index < -0.39 is 5.97 Å². The Balaban J connectivity index is 2.19. The molecule has 0 amide bonds. The van der Waals surface area contributed by atoms with Gasteiger partial charge in [0.25, 0.3) is 0 Å². The molecule has 94 valence electrons. The highest BCUT2D eigenvalue weighted by molar-refractivity contribution is 5.88. The van der Waals surface area contributed by atoms with Gasteiger partial charge in [-0.2, -0.15) is 0 Å². The van der Waals surface area contributed by atoms with Gasteiger partial charge >= 0.3 is 5.97 Å². The molecule has 0 aliphatic rings. The zero-order valence-electron chi connectivity index (χ0n) is 10.3. The third-order valence-corrected chi connectivity index (χ3v) is 2.79. The van der Waals surface area contributed by atoms with E-state index in [9.17, 15) is 4.79 Å². The highest BCUT2D eigenvalue weighted by Gasteiger charge is 2.13. The number of hydrogen-bond acceptors (Lipinski definition) is 4. The molecule has 0 bridgehead atoms. The lowest BCUT2D eigenvalue weighted by atomic mass is 10.2. The van der Waals surface area contributed by atoms with E-state index >= 15 is 0 Å². The van der Waals surface area contributed by atoms with Crippen molar-refractivity contribution in [2.45, 2.75) is 0 Å². The zero-order chi connectivity index (χ0) is 13.2. The summed E-state index contributed by atoms with van der Waals surface area (Å²) in [5.41, 5.74) is 1.87. The largest absolute Gasteiger partial charge is 0.464 e. The van der Waals surface area contributed by atoms with Crippen LogP contribution in [0.2, 0.25) is 0 Å². The number of methoxy groups -OCH3 is 1. The lowest BCUT2D eigenvalue weighted by Crippen LogP contribution is -2.08. The molecule has 5 heteroatoms. The van der Waals surface area contributed by atoms with Crippen LogP contribution in [-0.2, 0) is 4.74 Å². The maximum Gasteiger partial charge on any atom is 0.356 e. The van der Waals surface area contributed by atoms with Crippen molar-refractivity contribution in [1.29, 1.82) is 0 Å². The van der Waals surface area contributed by atoms with Crippen molar-refractivity contribution in [2.75, 3.05) is 7.11 Å². The van der Waals surface area contributed by atoms with Crippen LogP contribution in [0, 0.1) is 0 Å². The number of aromatic nitrogens is 3. The molecular formula is C14H11N3O2. The molecule has 2 aromatic heterocycles. The first kappa shape index (κ1) is 11.4. The number of rotatable bonds is 2. The van der Waals surface area contributed by atoms with Gasteiger partial charge in [0.15, 0.2) is 17.2 Å². The molecule has 5 nitrogen and oxygen atoms in total. The minimum absolute atomic E-state index is 0.356. The summed E-state index contributed by atoms with van der Waals surface area (Å²) in [5, 5.41) is 4.36. The first-order chi connectivity index (χ1) is 9.29. The van der Waals surface area contributed by atoms with E-state index in [1.807, 2.05) is 30.3 Å². The van der Waals surface area contributed by atoms with Crippen molar-refractivity contribution in [1.82, 2.24) is 14.6 Å². The van der Waals surface area contributed by atoms with E-state index in [2.05, 4.69) is 10.1 Å². The number of benzene rings is 1. The second kappa shape index (κ2) is 4.53. The summed E-state index contributed by atoms with van der Waals surface area (Å²) in [4.78, 5) is 16.1. The second-order valence-corrected chi connectivity index (χ2v) is 3.97. The quantitative estimate of drug-likeness (QED) is 0.657. The summed E-state index contributed by atoms with van der Waals surface area (Å²) >= 11 is 0. The van der Waals surface area contributed by atoms with Gasteiger partial charge in [0.1, 0.15) is 0 Å². The third-order valence-electron chi connectivity index (χ3n) is 2.79. The molecule has 0 saturated carbocycles. The van der Waals surface area contributed by atoms with Gasteiger partial charge < -0.3 is 4.74 Å². The van der Waals surface area contributed by atoms with E-state index in [-0.39, 0.29) is 0 Å². The fraction of sp³-hybridized carbons (Fsp3) is 0.0714. The van der Waals surface area contributed by atoms with Gasteiger partial charge in [-0.15, -0.1) is 5.10 Å². The molecule has 1 aromatic carbocycles. The molecule has 19 heavy (non-hydrogen) atoms. The highest BCUT2D eigenvalue weighted by atomic mass is 16.5. The first-order valence-electron chi connectivity index (χ1n) is 5.79. The van der Waals surface area contributed by atoms with E-state index in [0.717, 1.165) is 5.56 Å². The molecule has 0 aliphatic heterocycles. The number of hydrogen-bond donors (Lipinski definition) is 0. The Hall–Kier alpha value is -2.69. The van der Waals surface area contributed by atoms with Crippen LogP contribution in [0.15, 0.2) is 48.5 Å². The summed E-state index contributed by atoms with van der Waals surface area (Å²) in [5.74, 6) is 0.145. The van der Waals surface area contributed by atoms with Crippen LogP contribution in [0.25, 0.3) is 17.0 Å². The summed E-state index contributed by atoms with van der Waals surface area (Å²) in [6.45, 7) is 0. The molecule has 2 heterocycles. The van der Waals surface area contributed by atoms with Crippen LogP contribution in [0.5, 0.6) is 0 Å². The predicted molar refractivity (Wildman–Crippen MR) is 69.8 cm³/mol. The Kier molecular flexibility index (Phi) is 2.72. The van der Waals surface area contributed by atoms with Crippen molar-refractivity contribution in [3.8, 4) is 11.4 Å². The molecule has 0 fully saturated rings. The zero-order valence-corrected chi connectivity index (χ0v) is 10.3. The molecule has 0 spiro atoms. The summed E-state index contributed by atoms with van der Waals surface area (Å²) in [7, 11) is 1.34. The van der Waals surface area contributed by atoms with Crippen LogP contribution in [0.3, 0.4) is 0 Å². The van der Waals surface area contributed by atoms with E-state index in [0.29, 0.717) is 17.2 Å². The number of ether oxygens (including phenoxy) is 1. The number of fused-ring (bicyclic) bond motifs is 1. The minimum atomic E-state index is -0.435. The number of carbonyl (C=O) groups excluding carboxylic acids is 1. The lowest BCUT2D eigenvalue weighted by Gasteiger charge is -2.00. The molecular weight excluding hydrogens is 242 g/mol. The first-order valence-corrected chi connectivity index (χ1v) is 5.79. The Bertz CT molecular complexity index is 735. The molecule has 0 unspecified atom stereocenters. The fourth-order valence-corrected chi connectivity index (χ4v) is 1.87. The highest BCUT2D eigenvalue weighted by Crippen LogP contribution is 2.16. The third kappa shape index (κ3) is 1.95. The SMILES string of the molecule is COC(=O)c1cccc2nc(-c3ccccc3)nn12. The molecule has 0 aliphatic carbocycles. The van der Waals surface area contributed by atoms with Gasteiger partial charge in [0.2, 0.25) is 0 Å². The average molecular weight is 253 g/mol. The minimum Gasteiger partial charge on any atom is -0.464 e. The van der Waals surface area contributed by atoms with Crippen LogP contribution in [0.4, 0.5) is 0 Å². The number of pyridine rings is 1. The smallest absolute Gasteiger partial charge is 0.356 e. The molecule has 0 radical (unpaired) electrons. The monoisotopic (exact) mass is 253 g/mol. The Morgan fingerprint density at radius 1 is 1.11 bits per heavy atom. The molecule has 0 saturated heterocycles. The van der Waals surface area contributed by atoms with E-state index in [1.165, 1.54) is 11.6 Å². The van der Waals surface area contributed by atoms with Crippen LogP contribution < -0.4 is 0 Å². The van der Waals surface area contributed by atoms with Crippen molar-refractivity contribution in [3.05, 3.63) is 54.2 Å². The fourth-order valence-electron chi connectivity index (χ4n) is 1.87. The maximum atomic E-state index is 11.7. The Morgan fingerprint density at radius 3 is 2.63 bits per heavy atom. The standard InChI is InChI=1S/C14H11N3O2/c1-19-14(18)11-8-5-9-12-15-13(16-17(11)12)10-6-3-2-4-7-10/h2-9H,1H3. The maximum absolute atomic E-state index is 11.7. The van der Waals surface area contributed by atoms with Gasteiger partial charge in [-0.05, 0) is 12.1 Å². The van der Waals surface area contributed by atoms with Gasteiger partial charge in [0.05, 0.1) is 7.11 Å². The van der Waals surface area contributed by atoms with Crippen molar-refractivity contribution in [2.24, 2.45) is 0 Å². The second-order valence-electron chi connectivity index (χ2n) is 3.97. The van der Waals surface area contributed by atoms with Gasteiger partial charge in [-0.3, -0.25) is 0 Å². The molecule has 0 N–H and O–H groups in total. The number of carbonyl (C=O) groups is 1. The summed E-state index contributed by atoms with van der Waals surface area (Å²) in [6, 6.07) is 14.8. The molecule has 0 atom stereocenters. The number of nitrogens with zero attached hydrogens (tertiary/aromatic N) is 3. The van der Waals surface area contributed by atoms with Crippen molar-refractivity contribution < 1.29 is 9.53 Å². The van der Waals surface area contributed by atoms with Gasteiger partial charge in [-0.1, -0.05) is 36.4 Å². The van der Waals surface area contributed by atoms with Gasteiger partial charge in [-0.25, -0.2) is 14.3 Å². The van der Waals surface area contributed by atoms with E-state index in [4.69, 9.17) is 4.74 Å². The normalized spacial score (nSPS) is 10.6. The summed E-state index contributed by atoms with van der Waals surface area (Å²) in [6.07, 6.45) is 0. The van der Waals surface area contributed by atoms with Gasteiger partial charge in [0, 0.05) is 5.56 Å². The molecule has 3 aromatic rings. The average Bonchev–Trinajstić information content (AvgIpc) is 2.91. The topological polar surface area (TPSA) is 56.5 Å². The Labute approximate surface area is 109 Å². The van der Waals surface area contributed by atoms with Crippen LogP contribution >= 0.6 is 0 Å². The van der Waals surface area contributed by atoms with Crippen molar-refractivity contribution >= 4 is 11.6 Å². The van der Waals surface area contributed by atoms with Crippen molar-refractivity contribution in [3.63, 3.8) is 0 Å². The number of esters is 1. The Morgan fingerprint density at radius 2 is 1.89 bits per heavy atom. The van der Waals surface area contributed by atoms with Crippen LogP contribution in [0.1, 0.15) is 10.5 Å². The molecule has 3 rings (SSSR count). The summed E-state index contributed by atoms with van der Waals surface area (Å²) < 4.78 is 6.23. The van der Waals surface area contributed by atoms with Crippen LogP contribution in [-0.4, -0.2) is 27.7 Å². The van der Waals surface area contributed by atoms with E-state index in [1.54, 1.807) is 18.2 Å². The predicted octanol–water partition coefficient (Wildman–Crippen LogP) is 2.18. The lowest BCUT2D eigenvalue weighted by molar-refractivity contribution is 0.0591.